The molecular formula is C15H21NO2S3. The topological polar surface area (TPSA) is 21.7 Å². The van der Waals surface area contributed by atoms with Gasteiger partial charge in [0.15, 0.2) is 0 Å². The lowest BCUT2D eigenvalue weighted by Crippen LogP contribution is -2.40. The van der Waals surface area contributed by atoms with Crippen molar-refractivity contribution in [1.82, 2.24) is 4.90 Å². The van der Waals surface area contributed by atoms with Crippen LogP contribution in [0.15, 0.2) is 23.1 Å². The Morgan fingerprint density at radius 3 is 2.76 bits per heavy atom. The second kappa shape index (κ2) is 8.88. The molecule has 0 aromatic heterocycles. The number of nitrogens with zero attached hydrogens (tertiary/aromatic N) is 1. The van der Waals surface area contributed by atoms with Crippen LogP contribution in [0.25, 0.3) is 0 Å². The van der Waals surface area contributed by atoms with Crippen LogP contribution in [0.4, 0.5) is 0 Å². The summed E-state index contributed by atoms with van der Waals surface area (Å²) in [6.45, 7) is 3.90. The quantitative estimate of drug-likeness (QED) is 0.446. The molecule has 0 unspecified atom stereocenters. The lowest BCUT2D eigenvalue weighted by Gasteiger charge is -2.30. The molecular weight excluding hydrogens is 322 g/mol. The number of ether oxygens (including phenoxy) is 2. The SMILES string of the molecule is CSCCOc1ccc(SC)cc1C(=S)N1CCOCC1. The van der Waals surface area contributed by atoms with E-state index in [-0.39, 0.29) is 0 Å². The van der Waals surface area contributed by atoms with E-state index in [0.29, 0.717) is 6.61 Å². The number of thioether (sulfide) groups is 2. The van der Waals surface area contributed by atoms with Crippen molar-refractivity contribution in [3.05, 3.63) is 23.8 Å². The molecule has 1 heterocycles. The number of benzene rings is 1. The van der Waals surface area contributed by atoms with Crippen molar-refractivity contribution in [1.29, 1.82) is 0 Å². The van der Waals surface area contributed by atoms with Crippen LogP contribution in [0, 0.1) is 0 Å². The highest BCUT2D eigenvalue weighted by atomic mass is 32.2. The maximum Gasteiger partial charge on any atom is 0.129 e. The Labute approximate surface area is 140 Å². The van der Waals surface area contributed by atoms with Crippen LogP contribution in [0.3, 0.4) is 0 Å². The van der Waals surface area contributed by atoms with E-state index in [1.165, 1.54) is 4.90 Å². The van der Waals surface area contributed by atoms with Gasteiger partial charge in [-0.05, 0) is 30.7 Å². The summed E-state index contributed by atoms with van der Waals surface area (Å²) >= 11 is 9.19. The van der Waals surface area contributed by atoms with E-state index in [9.17, 15) is 0 Å². The van der Waals surface area contributed by atoms with Crippen molar-refractivity contribution in [2.75, 3.05) is 51.2 Å². The first kappa shape index (κ1) is 16.9. The molecule has 1 aliphatic rings. The first-order valence-electron chi connectivity index (χ1n) is 6.93. The van der Waals surface area contributed by atoms with Gasteiger partial charge < -0.3 is 14.4 Å². The van der Waals surface area contributed by atoms with E-state index in [4.69, 9.17) is 21.7 Å². The summed E-state index contributed by atoms with van der Waals surface area (Å²) in [7, 11) is 0. The predicted octanol–water partition coefficient (Wildman–Crippen LogP) is 3.16. The minimum absolute atomic E-state index is 0.707. The van der Waals surface area contributed by atoms with Crippen LogP contribution >= 0.6 is 35.7 Å². The summed E-state index contributed by atoms with van der Waals surface area (Å²) in [6.07, 6.45) is 4.16. The van der Waals surface area contributed by atoms with Crippen molar-refractivity contribution < 1.29 is 9.47 Å². The zero-order valence-corrected chi connectivity index (χ0v) is 14.9. The molecule has 2 rings (SSSR count). The molecule has 0 atom stereocenters. The Morgan fingerprint density at radius 2 is 2.10 bits per heavy atom. The Kier molecular flexibility index (Phi) is 7.16. The summed E-state index contributed by atoms with van der Waals surface area (Å²) in [5, 5.41) is 0. The van der Waals surface area contributed by atoms with E-state index in [2.05, 4.69) is 29.5 Å². The van der Waals surface area contributed by atoms with E-state index >= 15 is 0 Å². The van der Waals surface area contributed by atoms with E-state index in [0.717, 1.165) is 48.4 Å². The molecule has 1 aromatic carbocycles. The summed E-state index contributed by atoms with van der Waals surface area (Å²) < 4.78 is 11.3. The molecule has 0 spiro atoms. The highest BCUT2D eigenvalue weighted by Gasteiger charge is 2.19. The highest BCUT2D eigenvalue weighted by Crippen LogP contribution is 2.27. The molecule has 0 N–H and O–H groups in total. The molecule has 0 amide bonds. The van der Waals surface area contributed by atoms with Crippen molar-refractivity contribution in [3.63, 3.8) is 0 Å². The van der Waals surface area contributed by atoms with Crippen molar-refractivity contribution in [2.24, 2.45) is 0 Å². The van der Waals surface area contributed by atoms with Gasteiger partial charge in [-0.3, -0.25) is 0 Å². The number of rotatable bonds is 6. The third kappa shape index (κ3) is 4.77. The largest absolute Gasteiger partial charge is 0.492 e. The Hall–Kier alpha value is -0.430. The lowest BCUT2D eigenvalue weighted by molar-refractivity contribution is 0.0692. The normalized spacial score (nSPS) is 15.0. The van der Waals surface area contributed by atoms with E-state index < -0.39 is 0 Å². The van der Waals surface area contributed by atoms with E-state index in [1.807, 2.05) is 6.07 Å². The highest BCUT2D eigenvalue weighted by molar-refractivity contribution is 7.98. The molecule has 1 aliphatic heterocycles. The van der Waals surface area contributed by atoms with Gasteiger partial charge in [-0.1, -0.05) is 12.2 Å². The van der Waals surface area contributed by atoms with Gasteiger partial charge in [0.1, 0.15) is 10.7 Å². The van der Waals surface area contributed by atoms with Gasteiger partial charge in [-0.15, -0.1) is 11.8 Å². The number of thiocarbonyl (C=S) groups is 1. The zero-order valence-electron chi connectivity index (χ0n) is 12.5. The van der Waals surface area contributed by atoms with E-state index in [1.54, 1.807) is 23.5 Å². The fourth-order valence-electron chi connectivity index (χ4n) is 2.10. The van der Waals surface area contributed by atoms with Crippen LogP contribution in [0.2, 0.25) is 0 Å². The lowest BCUT2D eigenvalue weighted by atomic mass is 10.1. The minimum atomic E-state index is 0.707. The average Bonchev–Trinajstić information content (AvgIpc) is 2.55. The van der Waals surface area contributed by atoms with Crippen LogP contribution < -0.4 is 4.74 Å². The standard InChI is InChI=1S/C15H21NO2S3/c1-20-10-9-18-14-4-3-12(21-2)11-13(14)15(19)16-5-7-17-8-6-16/h3-4,11H,5-10H2,1-2H3. The summed E-state index contributed by atoms with van der Waals surface area (Å²) in [5.41, 5.74) is 1.03. The molecule has 1 aromatic rings. The molecule has 21 heavy (non-hydrogen) atoms. The molecule has 0 aliphatic carbocycles. The maximum absolute atomic E-state index is 5.91. The Balaban J connectivity index is 2.18. The molecule has 3 nitrogen and oxygen atoms in total. The van der Waals surface area contributed by atoms with Gasteiger partial charge in [-0.2, -0.15) is 11.8 Å². The molecule has 0 radical (unpaired) electrons. The number of morpholine rings is 1. The first-order valence-corrected chi connectivity index (χ1v) is 9.95. The molecule has 1 fully saturated rings. The third-order valence-corrected chi connectivity index (χ3v) is 5.04. The van der Waals surface area contributed by atoms with Gasteiger partial charge in [-0.25, -0.2) is 0 Å². The summed E-state index contributed by atoms with van der Waals surface area (Å²) in [5.74, 6) is 1.87. The molecule has 0 bridgehead atoms. The maximum atomic E-state index is 5.91. The van der Waals surface area contributed by atoms with Gasteiger partial charge in [0.2, 0.25) is 0 Å². The van der Waals surface area contributed by atoms with Crippen molar-refractivity contribution in [3.8, 4) is 5.75 Å². The molecule has 116 valence electrons. The van der Waals surface area contributed by atoms with Crippen LogP contribution in [-0.4, -0.2) is 61.1 Å². The van der Waals surface area contributed by atoms with Crippen LogP contribution in [0.1, 0.15) is 5.56 Å². The Morgan fingerprint density at radius 1 is 1.33 bits per heavy atom. The van der Waals surface area contributed by atoms with Crippen LogP contribution in [-0.2, 0) is 4.74 Å². The zero-order chi connectivity index (χ0) is 15.1. The van der Waals surface area contributed by atoms with Crippen LogP contribution in [0.5, 0.6) is 5.75 Å². The van der Waals surface area contributed by atoms with Gasteiger partial charge in [0, 0.05) is 23.7 Å². The number of hydrogen-bond acceptors (Lipinski definition) is 5. The Bertz CT molecular complexity index is 476. The average molecular weight is 344 g/mol. The van der Waals surface area contributed by atoms with Crippen molar-refractivity contribution in [2.45, 2.75) is 4.90 Å². The summed E-state index contributed by atoms with van der Waals surface area (Å²) in [6, 6.07) is 6.26. The van der Waals surface area contributed by atoms with Gasteiger partial charge in [0.25, 0.3) is 0 Å². The summed E-state index contributed by atoms with van der Waals surface area (Å²) in [4.78, 5) is 4.28. The smallest absolute Gasteiger partial charge is 0.129 e. The fraction of sp³-hybridized carbons (Fsp3) is 0.533. The monoisotopic (exact) mass is 343 g/mol. The minimum Gasteiger partial charge on any atom is -0.492 e. The van der Waals surface area contributed by atoms with Gasteiger partial charge >= 0.3 is 0 Å². The predicted molar refractivity (Wildman–Crippen MR) is 96.2 cm³/mol. The molecule has 6 heteroatoms. The molecule has 0 saturated carbocycles. The molecule has 1 saturated heterocycles. The van der Waals surface area contributed by atoms with Crippen molar-refractivity contribution >= 4 is 40.7 Å². The second-order valence-corrected chi connectivity index (χ2v) is 6.86. The van der Waals surface area contributed by atoms with Gasteiger partial charge in [0.05, 0.1) is 25.4 Å². The second-order valence-electron chi connectivity index (χ2n) is 4.61. The first-order chi connectivity index (χ1) is 10.3. The fourth-order valence-corrected chi connectivity index (χ4v) is 3.13. The number of hydrogen-bond donors (Lipinski definition) is 0. The third-order valence-electron chi connectivity index (χ3n) is 3.26.